The molecule has 0 heterocycles. The van der Waals surface area contributed by atoms with Crippen molar-refractivity contribution >= 4 is 0 Å². The monoisotopic (exact) mass is 279 g/mol. The van der Waals surface area contributed by atoms with Gasteiger partial charge >= 0.3 is 0 Å². The van der Waals surface area contributed by atoms with E-state index in [4.69, 9.17) is 4.74 Å². The molecule has 1 aliphatic rings. The maximum absolute atomic E-state index is 14.1. The van der Waals surface area contributed by atoms with Crippen LogP contribution in [0.4, 0.5) is 4.39 Å². The van der Waals surface area contributed by atoms with Crippen molar-refractivity contribution in [2.45, 2.75) is 64.5 Å². The highest BCUT2D eigenvalue weighted by Gasteiger charge is 2.39. The van der Waals surface area contributed by atoms with Crippen LogP contribution in [0, 0.1) is 12.7 Å². The smallest absolute Gasteiger partial charge is 0.167 e. The molecular formula is C17H26FNO. The summed E-state index contributed by atoms with van der Waals surface area (Å²) in [6.45, 7) is 9.14. The molecule has 3 heteroatoms. The predicted molar refractivity (Wildman–Crippen MR) is 80.7 cm³/mol. The van der Waals surface area contributed by atoms with E-state index >= 15 is 0 Å². The molecule has 0 amide bonds. The van der Waals surface area contributed by atoms with Crippen molar-refractivity contribution in [1.82, 2.24) is 5.32 Å². The zero-order valence-corrected chi connectivity index (χ0v) is 13.1. The molecule has 1 aliphatic carbocycles. The van der Waals surface area contributed by atoms with Gasteiger partial charge in [0.15, 0.2) is 11.6 Å². The molecule has 0 aromatic heterocycles. The molecule has 0 aliphatic heterocycles. The van der Waals surface area contributed by atoms with Crippen LogP contribution in [0.2, 0.25) is 0 Å². The van der Waals surface area contributed by atoms with Crippen molar-refractivity contribution in [3.63, 3.8) is 0 Å². The molecule has 0 bridgehead atoms. The molecule has 0 spiro atoms. The minimum atomic E-state index is -0.220. The maximum atomic E-state index is 14.1. The predicted octanol–water partition coefficient (Wildman–Crippen LogP) is 4.21. The Morgan fingerprint density at radius 3 is 2.55 bits per heavy atom. The molecule has 1 aromatic carbocycles. The van der Waals surface area contributed by atoms with Gasteiger partial charge in [-0.25, -0.2) is 4.39 Å². The molecule has 0 atom stereocenters. The minimum Gasteiger partial charge on any atom is -0.484 e. The van der Waals surface area contributed by atoms with E-state index in [0.29, 0.717) is 11.3 Å². The normalized spacial score (nSPS) is 17.6. The standard InChI is InChI=1S/C17H26FNO/c1-13-7-5-8-14(15(13)18)20-17(9-6-10-17)11-12-19-16(2,3)4/h5,7-8,19H,6,9-12H2,1-4H3. The largest absolute Gasteiger partial charge is 0.484 e. The number of benzene rings is 1. The first kappa shape index (κ1) is 15.3. The second-order valence-corrected chi connectivity index (χ2v) is 6.95. The number of halogens is 1. The Hall–Kier alpha value is -1.09. The average molecular weight is 279 g/mol. The molecule has 20 heavy (non-hydrogen) atoms. The molecule has 112 valence electrons. The van der Waals surface area contributed by atoms with Gasteiger partial charge in [-0.3, -0.25) is 0 Å². The van der Waals surface area contributed by atoms with Crippen LogP contribution in [0.1, 0.15) is 52.0 Å². The topological polar surface area (TPSA) is 21.3 Å². The summed E-state index contributed by atoms with van der Waals surface area (Å²) in [5.41, 5.74) is 0.580. The SMILES string of the molecule is Cc1cccc(OC2(CCNC(C)(C)C)CCC2)c1F. The summed E-state index contributed by atoms with van der Waals surface area (Å²) in [6.07, 6.45) is 4.14. The van der Waals surface area contributed by atoms with Crippen LogP contribution in [0.5, 0.6) is 5.75 Å². The summed E-state index contributed by atoms with van der Waals surface area (Å²) < 4.78 is 20.1. The molecule has 1 aromatic rings. The molecule has 0 saturated heterocycles. The molecule has 2 rings (SSSR count). The Kier molecular flexibility index (Phi) is 4.38. The van der Waals surface area contributed by atoms with Crippen LogP contribution < -0.4 is 10.1 Å². The number of rotatable bonds is 5. The number of aryl methyl sites for hydroxylation is 1. The fraction of sp³-hybridized carbons (Fsp3) is 0.647. The van der Waals surface area contributed by atoms with Gasteiger partial charge in [-0.05, 0) is 71.6 Å². The summed E-state index contributed by atoms with van der Waals surface area (Å²) in [4.78, 5) is 0. The van der Waals surface area contributed by atoms with E-state index in [0.717, 1.165) is 25.8 Å². The van der Waals surface area contributed by atoms with E-state index in [1.807, 2.05) is 6.07 Å². The average Bonchev–Trinajstić information content (AvgIpc) is 2.30. The van der Waals surface area contributed by atoms with Crippen molar-refractivity contribution in [3.8, 4) is 5.75 Å². The molecule has 0 unspecified atom stereocenters. The highest BCUT2D eigenvalue weighted by Crippen LogP contribution is 2.40. The number of hydrogen-bond donors (Lipinski definition) is 1. The summed E-state index contributed by atoms with van der Waals surface area (Å²) >= 11 is 0. The second-order valence-electron chi connectivity index (χ2n) is 6.95. The summed E-state index contributed by atoms with van der Waals surface area (Å²) in [5, 5.41) is 3.48. The van der Waals surface area contributed by atoms with E-state index in [2.05, 4.69) is 26.1 Å². The lowest BCUT2D eigenvalue weighted by Crippen LogP contribution is -2.47. The third kappa shape index (κ3) is 3.72. The second kappa shape index (κ2) is 5.72. The lowest BCUT2D eigenvalue weighted by Gasteiger charge is -2.42. The van der Waals surface area contributed by atoms with Gasteiger partial charge in [0.25, 0.3) is 0 Å². The van der Waals surface area contributed by atoms with Gasteiger partial charge in [0.05, 0.1) is 0 Å². The van der Waals surface area contributed by atoms with Crippen molar-refractivity contribution in [1.29, 1.82) is 0 Å². The molecule has 0 radical (unpaired) electrons. The Labute approximate surface area is 121 Å². The van der Waals surface area contributed by atoms with E-state index < -0.39 is 0 Å². The summed E-state index contributed by atoms with van der Waals surface area (Å²) in [7, 11) is 0. The zero-order valence-electron chi connectivity index (χ0n) is 13.1. The molecule has 1 saturated carbocycles. The quantitative estimate of drug-likeness (QED) is 0.871. The zero-order chi connectivity index (χ0) is 14.8. The Bertz CT molecular complexity index is 461. The van der Waals surface area contributed by atoms with Gasteiger partial charge in [-0.1, -0.05) is 12.1 Å². The number of ether oxygens (including phenoxy) is 1. The maximum Gasteiger partial charge on any atom is 0.167 e. The van der Waals surface area contributed by atoms with Crippen molar-refractivity contribution < 1.29 is 9.13 Å². The first-order valence-electron chi connectivity index (χ1n) is 7.51. The lowest BCUT2D eigenvalue weighted by atomic mass is 9.77. The van der Waals surface area contributed by atoms with Crippen LogP contribution in [0.15, 0.2) is 18.2 Å². The minimum absolute atomic E-state index is 0.111. The van der Waals surface area contributed by atoms with Gasteiger partial charge in [0.1, 0.15) is 5.60 Å². The van der Waals surface area contributed by atoms with Crippen molar-refractivity contribution in [2.75, 3.05) is 6.54 Å². The third-order valence-electron chi connectivity index (χ3n) is 3.98. The Morgan fingerprint density at radius 2 is 2.00 bits per heavy atom. The van der Waals surface area contributed by atoms with Crippen LogP contribution in [0.3, 0.4) is 0 Å². The fourth-order valence-corrected chi connectivity index (χ4v) is 2.57. The Balaban J connectivity index is 1.99. The van der Waals surface area contributed by atoms with E-state index in [1.54, 1.807) is 19.1 Å². The summed E-state index contributed by atoms with van der Waals surface area (Å²) in [5.74, 6) is 0.183. The van der Waals surface area contributed by atoms with E-state index in [9.17, 15) is 4.39 Å². The van der Waals surface area contributed by atoms with Crippen LogP contribution in [-0.2, 0) is 0 Å². The molecular weight excluding hydrogens is 253 g/mol. The highest BCUT2D eigenvalue weighted by molar-refractivity contribution is 5.31. The van der Waals surface area contributed by atoms with Gasteiger partial charge in [-0.15, -0.1) is 0 Å². The number of nitrogens with one attached hydrogen (secondary N) is 1. The molecule has 2 nitrogen and oxygen atoms in total. The van der Waals surface area contributed by atoms with Gasteiger partial charge < -0.3 is 10.1 Å². The lowest BCUT2D eigenvalue weighted by molar-refractivity contribution is -0.0182. The van der Waals surface area contributed by atoms with Crippen LogP contribution in [0.25, 0.3) is 0 Å². The molecule has 1 fully saturated rings. The van der Waals surface area contributed by atoms with E-state index in [1.165, 1.54) is 6.42 Å². The van der Waals surface area contributed by atoms with Gasteiger partial charge in [0, 0.05) is 5.54 Å². The van der Waals surface area contributed by atoms with Crippen LogP contribution >= 0.6 is 0 Å². The third-order valence-corrected chi connectivity index (χ3v) is 3.98. The fourth-order valence-electron chi connectivity index (χ4n) is 2.57. The van der Waals surface area contributed by atoms with Gasteiger partial charge in [-0.2, -0.15) is 0 Å². The first-order valence-corrected chi connectivity index (χ1v) is 7.51. The van der Waals surface area contributed by atoms with Crippen molar-refractivity contribution in [3.05, 3.63) is 29.6 Å². The molecule has 1 N–H and O–H groups in total. The first-order chi connectivity index (χ1) is 9.31. The highest BCUT2D eigenvalue weighted by atomic mass is 19.1. The van der Waals surface area contributed by atoms with E-state index in [-0.39, 0.29) is 17.0 Å². The van der Waals surface area contributed by atoms with Crippen molar-refractivity contribution in [2.24, 2.45) is 0 Å². The summed E-state index contributed by atoms with van der Waals surface area (Å²) in [6, 6.07) is 5.36. The Morgan fingerprint density at radius 1 is 1.30 bits per heavy atom. The number of hydrogen-bond acceptors (Lipinski definition) is 2. The van der Waals surface area contributed by atoms with Gasteiger partial charge in [0.2, 0.25) is 0 Å². The van der Waals surface area contributed by atoms with Crippen LogP contribution in [-0.4, -0.2) is 17.7 Å².